The lowest BCUT2D eigenvalue weighted by atomic mass is 9.94. The maximum Gasteiger partial charge on any atom is 0.123 e. The first kappa shape index (κ1) is 12.6. The number of fused-ring (bicyclic) bond motifs is 1. The highest BCUT2D eigenvalue weighted by molar-refractivity contribution is 5.96. The van der Waals surface area contributed by atoms with Crippen molar-refractivity contribution in [2.75, 3.05) is 5.73 Å². The second-order valence-electron chi connectivity index (χ2n) is 5.23. The Morgan fingerprint density at radius 1 is 1.00 bits per heavy atom. The molecule has 0 aliphatic carbocycles. The number of pyridine rings is 2. The first-order chi connectivity index (χ1) is 9.66. The summed E-state index contributed by atoms with van der Waals surface area (Å²) in [6.45, 7) is 4.27. The molecule has 0 unspecified atom stereocenters. The first-order valence-electron chi connectivity index (χ1n) is 6.76. The fraction of sp³-hybridized carbons (Fsp3) is 0.176. The van der Waals surface area contributed by atoms with Gasteiger partial charge in [-0.05, 0) is 35.1 Å². The summed E-state index contributed by atoms with van der Waals surface area (Å²) in [5, 5.41) is 2.33. The Hall–Kier alpha value is -2.42. The fourth-order valence-corrected chi connectivity index (χ4v) is 2.51. The molecule has 3 nitrogen and oxygen atoms in total. The zero-order chi connectivity index (χ0) is 14.1. The van der Waals surface area contributed by atoms with Gasteiger partial charge in [0.05, 0.1) is 5.69 Å². The summed E-state index contributed by atoms with van der Waals surface area (Å²) >= 11 is 0. The lowest BCUT2D eigenvalue weighted by Crippen LogP contribution is -2.00. The van der Waals surface area contributed by atoms with Crippen LogP contribution >= 0.6 is 0 Å². The van der Waals surface area contributed by atoms with E-state index in [0.29, 0.717) is 11.7 Å². The third kappa shape index (κ3) is 2.11. The Balaban J connectivity index is 2.31. The number of hydrogen-bond acceptors (Lipinski definition) is 3. The predicted octanol–water partition coefficient (Wildman–Crippen LogP) is 4.00. The number of rotatable bonds is 2. The van der Waals surface area contributed by atoms with E-state index in [4.69, 9.17) is 5.73 Å². The molecule has 0 spiro atoms. The molecule has 0 saturated carbocycles. The van der Waals surface area contributed by atoms with E-state index < -0.39 is 0 Å². The van der Waals surface area contributed by atoms with Gasteiger partial charge in [-0.3, -0.25) is 4.98 Å². The second-order valence-corrected chi connectivity index (χ2v) is 5.23. The van der Waals surface area contributed by atoms with Crippen LogP contribution in [0.4, 0.5) is 5.82 Å². The SMILES string of the molecule is CC(C)c1nc(N)ccc1-c1cccc2ccncc12. The van der Waals surface area contributed by atoms with Gasteiger partial charge in [0, 0.05) is 23.3 Å². The molecule has 2 aromatic heterocycles. The van der Waals surface area contributed by atoms with Gasteiger partial charge >= 0.3 is 0 Å². The molecule has 0 fully saturated rings. The molecule has 0 aliphatic rings. The van der Waals surface area contributed by atoms with Crippen molar-refractivity contribution in [3.05, 3.63) is 54.5 Å². The average Bonchev–Trinajstić information content (AvgIpc) is 2.46. The highest BCUT2D eigenvalue weighted by Crippen LogP contribution is 2.33. The number of nitrogens with zero attached hydrogens (tertiary/aromatic N) is 2. The molecular weight excluding hydrogens is 246 g/mol. The van der Waals surface area contributed by atoms with Crippen molar-refractivity contribution in [1.82, 2.24) is 9.97 Å². The van der Waals surface area contributed by atoms with Crippen molar-refractivity contribution < 1.29 is 0 Å². The van der Waals surface area contributed by atoms with Crippen molar-refractivity contribution in [1.29, 1.82) is 0 Å². The number of nitrogen functional groups attached to an aromatic ring is 1. The molecule has 2 heterocycles. The molecule has 3 rings (SSSR count). The van der Waals surface area contributed by atoms with E-state index in [1.165, 1.54) is 5.39 Å². The maximum absolute atomic E-state index is 5.83. The summed E-state index contributed by atoms with van der Waals surface area (Å²) in [6, 6.07) is 12.2. The van der Waals surface area contributed by atoms with Gasteiger partial charge in [-0.1, -0.05) is 32.0 Å². The van der Waals surface area contributed by atoms with Crippen LogP contribution in [0.2, 0.25) is 0 Å². The minimum atomic E-state index is 0.320. The number of hydrogen-bond donors (Lipinski definition) is 1. The number of anilines is 1. The van der Waals surface area contributed by atoms with E-state index in [1.807, 2.05) is 24.5 Å². The van der Waals surface area contributed by atoms with Crippen molar-refractivity contribution in [3.8, 4) is 11.1 Å². The summed E-state index contributed by atoms with van der Waals surface area (Å²) in [5.41, 5.74) is 9.15. The molecule has 2 N–H and O–H groups in total. The highest BCUT2D eigenvalue weighted by Gasteiger charge is 2.13. The Kier molecular flexibility index (Phi) is 3.11. The first-order valence-corrected chi connectivity index (χ1v) is 6.76. The van der Waals surface area contributed by atoms with Gasteiger partial charge in [0.15, 0.2) is 0 Å². The molecule has 0 saturated heterocycles. The summed E-state index contributed by atoms with van der Waals surface area (Å²) in [5.74, 6) is 0.885. The maximum atomic E-state index is 5.83. The Labute approximate surface area is 118 Å². The minimum Gasteiger partial charge on any atom is -0.384 e. The van der Waals surface area contributed by atoms with Crippen LogP contribution in [0, 0.1) is 0 Å². The van der Waals surface area contributed by atoms with E-state index in [0.717, 1.165) is 22.2 Å². The van der Waals surface area contributed by atoms with E-state index in [-0.39, 0.29) is 0 Å². The molecule has 1 aromatic carbocycles. The molecule has 0 bridgehead atoms. The standard InChI is InChI=1S/C17H17N3/c1-11(2)17-14(6-7-16(18)20-17)13-5-3-4-12-8-9-19-10-15(12)13/h3-11H,1-2H3,(H2,18,20). The highest BCUT2D eigenvalue weighted by atomic mass is 14.8. The summed E-state index contributed by atoms with van der Waals surface area (Å²) in [4.78, 5) is 8.76. The summed E-state index contributed by atoms with van der Waals surface area (Å²) in [7, 11) is 0. The van der Waals surface area contributed by atoms with Crippen LogP contribution in [0.15, 0.2) is 48.8 Å². The van der Waals surface area contributed by atoms with E-state index in [9.17, 15) is 0 Å². The fourth-order valence-electron chi connectivity index (χ4n) is 2.51. The van der Waals surface area contributed by atoms with Gasteiger partial charge in [0.2, 0.25) is 0 Å². The van der Waals surface area contributed by atoms with E-state index >= 15 is 0 Å². The summed E-state index contributed by atoms with van der Waals surface area (Å²) in [6.07, 6.45) is 3.72. The Morgan fingerprint density at radius 2 is 1.85 bits per heavy atom. The van der Waals surface area contributed by atoms with Gasteiger partial charge in [0.1, 0.15) is 5.82 Å². The normalized spacial score (nSPS) is 11.2. The quantitative estimate of drug-likeness (QED) is 0.760. The van der Waals surface area contributed by atoms with Crippen molar-refractivity contribution in [2.45, 2.75) is 19.8 Å². The lowest BCUT2D eigenvalue weighted by Gasteiger charge is -2.14. The number of benzene rings is 1. The van der Waals surface area contributed by atoms with Gasteiger partial charge < -0.3 is 5.73 Å². The third-order valence-electron chi connectivity index (χ3n) is 3.47. The molecular formula is C17H17N3. The van der Waals surface area contributed by atoms with Crippen LogP contribution in [0.1, 0.15) is 25.5 Å². The molecule has 3 heteroatoms. The van der Waals surface area contributed by atoms with Crippen molar-refractivity contribution >= 4 is 16.6 Å². The van der Waals surface area contributed by atoms with Gasteiger partial charge in [-0.15, -0.1) is 0 Å². The largest absolute Gasteiger partial charge is 0.384 e. The minimum absolute atomic E-state index is 0.320. The second kappa shape index (κ2) is 4.93. The Bertz CT molecular complexity index is 758. The smallest absolute Gasteiger partial charge is 0.123 e. The molecule has 0 aliphatic heterocycles. The van der Waals surface area contributed by atoms with Gasteiger partial charge in [-0.25, -0.2) is 4.98 Å². The van der Waals surface area contributed by atoms with Crippen LogP contribution in [0.5, 0.6) is 0 Å². The van der Waals surface area contributed by atoms with Crippen molar-refractivity contribution in [2.24, 2.45) is 0 Å². The zero-order valence-electron chi connectivity index (χ0n) is 11.7. The van der Waals surface area contributed by atoms with Gasteiger partial charge in [0.25, 0.3) is 0 Å². The van der Waals surface area contributed by atoms with Crippen LogP contribution in [0.3, 0.4) is 0 Å². The molecule has 0 atom stereocenters. The van der Waals surface area contributed by atoms with Crippen LogP contribution in [0.25, 0.3) is 21.9 Å². The molecule has 20 heavy (non-hydrogen) atoms. The number of nitrogens with two attached hydrogens (primary N) is 1. The third-order valence-corrected chi connectivity index (χ3v) is 3.47. The molecule has 100 valence electrons. The molecule has 0 radical (unpaired) electrons. The topological polar surface area (TPSA) is 51.8 Å². The summed E-state index contributed by atoms with van der Waals surface area (Å²) < 4.78 is 0. The van der Waals surface area contributed by atoms with E-state index in [2.05, 4.69) is 48.1 Å². The lowest BCUT2D eigenvalue weighted by molar-refractivity contribution is 0.828. The molecule has 0 amide bonds. The predicted molar refractivity (Wildman–Crippen MR) is 83.5 cm³/mol. The zero-order valence-corrected chi connectivity index (χ0v) is 11.7. The number of aromatic nitrogens is 2. The van der Waals surface area contributed by atoms with Crippen LogP contribution in [-0.4, -0.2) is 9.97 Å². The van der Waals surface area contributed by atoms with Crippen molar-refractivity contribution in [3.63, 3.8) is 0 Å². The monoisotopic (exact) mass is 263 g/mol. The van der Waals surface area contributed by atoms with Gasteiger partial charge in [-0.2, -0.15) is 0 Å². The Morgan fingerprint density at radius 3 is 2.65 bits per heavy atom. The molecule has 3 aromatic rings. The van der Waals surface area contributed by atoms with Crippen LogP contribution < -0.4 is 5.73 Å². The average molecular weight is 263 g/mol. The van der Waals surface area contributed by atoms with Crippen LogP contribution in [-0.2, 0) is 0 Å². The van der Waals surface area contributed by atoms with E-state index in [1.54, 1.807) is 0 Å².